The standard InChI is InChI=1S/C18H22N2O4/c1-18(2,3)24-17(22)19-10-14(11-19)20-8-7-12-9-13(16(21)23-4)5-6-15(12)20/h5-9,14H,10-11H2,1-4H3. The van der Waals surface area contributed by atoms with Crippen molar-refractivity contribution in [2.45, 2.75) is 32.4 Å². The molecule has 0 bridgehead atoms. The maximum Gasteiger partial charge on any atom is 0.410 e. The van der Waals surface area contributed by atoms with Crippen molar-refractivity contribution in [2.75, 3.05) is 20.2 Å². The average Bonchev–Trinajstić information content (AvgIpc) is 2.86. The van der Waals surface area contributed by atoms with Gasteiger partial charge in [0.2, 0.25) is 0 Å². The van der Waals surface area contributed by atoms with E-state index in [1.165, 1.54) is 7.11 Å². The van der Waals surface area contributed by atoms with Gasteiger partial charge in [0.1, 0.15) is 5.60 Å². The number of likely N-dealkylation sites (tertiary alicyclic amines) is 1. The molecule has 0 unspecified atom stereocenters. The van der Waals surface area contributed by atoms with Crippen LogP contribution in [0.5, 0.6) is 0 Å². The van der Waals surface area contributed by atoms with Gasteiger partial charge in [-0.1, -0.05) is 0 Å². The van der Waals surface area contributed by atoms with E-state index in [1.807, 2.05) is 45.2 Å². The number of hydrogen-bond acceptors (Lipinski definition) is 4. The van der Waals surface area contributed by atoms with Crippen molar-refractivity contribution in [3.8, 4) is 0 Å². The largest absolute Gasteiger partial charge is 0.465 e. The summed E-state index contributed by atoms with van der Waals surface area (Å²) in [7, 11) is 1.37. The topological polar surface area (TPSA) is 60.8 Å². The van der Waals surface area contributed by atoms with Crippen LogP contribution in [0, 0.1) is 0 Å². The second-order valence-electron chi connectivity index (χ2n) is 7.03. The molecule has 6 nitrogen and oxygen atoms in total. The highest BCUT2D eigenvalue weighted by molar-refractivity contribution is 5.94. The Bertz CT molecular complexity index is 782. The lowest BCUT2D eigenvalue weighted by Crippen LogP contribution is -2.52. The highest BCUT2D eigenvalue weighted by atomic mass is 16.6. The zero-order valence-corrected chi connectivity index (χ0v) is 14.4. The normalized spacial score (nSPS) is 15.2. The predicted octanol–water partition coefficient (Wildman–Crippen LogP) is 3.22. The van der Waals surface area contributed by atoms with Crippen molar-refractivity contribution >= 4 is 23.0 Å². The molecule has 1 aliphatic rings. The Morgan fingerprint density at radius 2 is 1.88 bits per heavy atom. The van der Waals surface area contributed by atoms with Crippen LogP contribution in [0.2, 0.25) is 0 Å². The zero-order valence-electron chi connectivity index (χ0n) is 14.4. The molecule has 1 saturated heterocycles. The number of carbonyl (C=O) groups excluding carboxylic acids is 2. The van der Waals surface area contributed by atoms with Crippen molar-refractivity contribution < 1.29 is 19.1 Å². The minimum absolute atomic E-state index is 0.221. The third kappa shape index (κ3) is 3.09. The Labute approximate surface area is 140 Å². The molecule has 0 radical (unpaired) electrons. The first-order valence-corrected chi connectivity index (χ1v) is 7.95. The Hall–Kier alpha value is -2.50. The fraction of sp³-hybridized carbons (Fsp3) is 0.444. The summed E-state index contributed by atoms with van der Waals surface area (Å²) < 4.78 is 12.3. The zero-order chi connectivity index (χ0) is 17.5. The second-order valence-corrected chi connectivity index (χ2v) is 7.03. The molecule has 24 heavy (non-hydrogen) atoms. The van der Waals surface area contributed by atoms with Gasteiger partial charge < -0.3 is 18.9 Å². The summed E-state index contributed by atoms with van der Waals surface area (Å²) >= 11 is 0. The average molecular weight is 330 g/mol. The summed E-state index contributed by atoms with van der Waals surface area (Å²) in [5.41, 5.74) is 1.09. The number of carbonyl (C=O) groups is 2. The van der Waals surface area contributed by atoms with Gasteiger partial charge in [0, 0.05) is 30.2 Å². The number of nitrogens with zero attached hydrogens (tertiary/aromatic N) is 2. The van der Waals surface area contributed by atoms with E-state index < -0.39 is 5.60 Å². The van der Waals surface area contributed by atoms with Gasteiger partial charge in [-0.3, -0.25) is 0 Å². The molecule has 3 rings (SSSR count). The van der Waals surface area contributed by atoms with E-state index in [0.29, 0.717) is 18.7 Å². The molecule has 2 aromatic rings. The number of benzene rings is 1. The summed E-state index contributed by atoms with van der Waals surface area (Å²) in [5, 5.41) is 0.980. The summed E-state index contributed by atoms with van der Waals surface area (Å²) in [5.74, 6) is -0.343. The number of methoxy groups -OCH3 is 1. The first kappa shape index (κ1) is 16.4. The van der Waals surface area contributed by atoms with Crippen LogP contribution in [0.15, 0.2) is 30.5 Å². The molecule has 6 heteroatoms. The molecule has 2 heterocycles. The Kier molecular flexibility index (Phi) is 3.99. The van der Waals surface area contributed by atoms with E-state index in [2.05, 4.69) is 4.57 Å². The lowest BCUT2D eigenvalue weighted by molar-refractivity contribution is 0.00156. The van der Waals surface area contributed by atoms with Gasteiger partial charge >= 0.3 is 12.1 Å². The fourth-order valence-corrected chi connectivity index (χ4v) is 2.83. The first-order chi connectivity index (χ1) is 11.3. The maximum absolute atomic E-state index is 12.0. The van der Waals surface area contributed by atoms with Crippen LogP contribution in [0.3, 0.4) is 0 Å². The van der Waals surface area contributed by atoms with Crippen molar-refractivity contribution in [3.63, 3.8) is 0 Å². The monoisotopic (exact) mass is 330 g/mol. The first-order valence-electron chi connectivity index (χ1n) is 7.95. The molecule has 0 saturated carbocycles. The van der Waals surface area contributed by atoms with Crippen molar-refractivity contribution in [1.82, 2.24) is 9.47 Å². The molecule has 0 aliphatic carbocycles. The van der Waals surface area contributed by atoms with Crippen molar-refractivity contribution in [2.24, 2.45) is 0 Å². The number of esters is 1. The van der Waals surface area contributed by atoms with Crippen LogP contribution in [0.25, 0.3) is 10.9 Å². The summed E-state index contributed by atoms with van der Waals surface area (Å²) in [6, 6.07) is 7.69. The number of ether oxygens (including phenoxy) is 2. The Morgan fingerprint density at radius 3 is 2.50 bits per heavy atom. The highest BCUT2D eigenvalue weighted by Gasteiger charge is 2.35. The quantitative estimate of drug-likeness (QED) is 0.793. The molecule has 1 amide bonds. The molecule has 1 aromatic carbocycles. The molecule has 1 aliphatic heterocycles. The SMILES string of the molecule is COC(=O)c1ccc2c(ccn2C2CN(C(=O)OC(C)(C)C)C2)c1. The molecule has 0 N–H and O–H groups in total. The van der Waals surface area contributed by atoms with Crippen molar-refractivity contribution in [3.05, 3.63) is 36.0 Å². The fourth-order valence-electron chi connectivity index (χ4n) is 2.83. The summed E-state index contributed by atoms with van der Waals surface area (Å²) in [6.07, 6.45) is 1.71. The molecule has 0 spiro atoms. The lowest BCUT2D eigenvalue weighted by atomic mass is 10.1. The van der Waals surface area contributed by atoms with Gasteiger partial charge in [-0.2, -0.15) is 0 Å². The van der Waals surface area contributed by atoms with E-state index in [0.717, 1.165) is 10.9 Å². The van der Waals surface area contributed by atoms with E-state index in [4.69, 9.17) is 9.47 Å². The third-order valence-electron chi connectivity index (χ3n) is 4.05. The van der Waals surface area contributed by atoms with Gasteiger partial charge in [-0.25, -0.2) is 9.59 Å². The predicted molar refractivity (Wildman–Crippen MR) is 90.1 cm³/mol. The van der Waals surface area contributed by atoms with Gasteiger partial charge in [0.05, 0.1) is 18.7 Å². The van der Waals surface area contributed by atoms with Gasteiger partial charge in [-0.15, -0.1) is 0 Å². The smallest absolute Gasteiger partial charge is 0.410 e. The second kappa shape index (κ2) is 5.85. The van der Waals surface area contributed by atoms with Crippen LogP contribution in [0.1, 0.15) is 37.2 Å². The molecule has 1 aromatic heterocycles. The number of fused-ring (bicyclic) bond motifs is 1. The van der Waals surface area contributed by atoms with E-state index in [1.54, 1.807) is 11.0 Å². The van der Waals surface area contributed by atoms with E-state index >= 15 is 0 Å². The van der Waals surface area contributed by atoms with Crippen LogP contribution in [-0.4, -0.2) is 47.3 Å². The minimum Gasteiger partial charge on any atom is -0.465 e. The van der Waals surface area contributed by atoms with Gasteiger partial charge in [0.25, 0.3) is 0 Å². The van der Waals surface area contributed by atoms with Crippen LogP contribution < -0.4 is 0 Å². The number of hydrogen-bond donors (Lipinski definition) is 0. The number of rotatable bonds is 2. The van der Waals surface area contributed by atoms with Crippen LogP contribution in [-0.2, 0) is 9.47 Å². The molecular weight excluding hydrogens is 308 g/mol. The molecular formula is C18H22N2O4. The molecule has 128 valence electrons. The maximum atomic E-state index is 12.0. The highest BCUT2D eigenvalue weighted by Crippen LogP contribution is 2.28. The van der Waals surface area contributed by atoms with E-state index in [9.17, 15) is 9.59 Å². The molecule has 0 atom stereocenters. The Morgan fingerprint density at radius 1 is 1.17 bits per heavy atom. The van der Waals surface area contributed by atoms with Gasteiger partial charge in [-0.05, 0) is 45.0 Å². The van der Waals surface area contributed by atoms with E-state index in [-0.39, 0.29) is 18.1 Å². The summed E-state index contributed by atoms with van der Waals surface area (Å²) in [6.45, 7) is 6.83. The number of aromatic nitrogens is 1. The van der Waals surface area contributed by atoms with Crippen LogP contribution >= 0.6 is 0 Å². The summed E-state index contributed by atoms with van der Waals surface area (Å²) in [4.78, 5) is 25.3. The Balaban J connectivity index is 1.71. The molecule has 1 fully saturated rings. The van der Waals surface area contributed by atoms with Crippen molar-refractivity contribution in [1.29, 1.82) is 0 Å². The van der Waals surface area contributed by atoms with Gasteiger partial charge in [0.15, 0.2) is 0 Å². The number of amides is 1. The minimum atomic E-state index is -0.480. The third-order valence-corrected chi connectivity index (χ3v) is 4.05. The van der Waals surface area contributed by atoms with Crippen LogP contribution in [0.4, 0.5) is 4.79 Å². The lowest BCUT2D eigenvalue weighted by Gasteiger charge is -2.40.